The molecule has 2 aromatic rings. The maximum atomic E-state index is 13.3. The standard InChI is InChI=1S/C17H19FN2/c18-15-9-7-13(11-16(15)19)14(8-6-12-4-5-12)17-3-1-2-10-20-17/h1-3,7,9-12,14H,4-6,8,19H2. The minimum Gasteiger partial charge on any atom is -0.396 e. The predicted molar refractivity (Wildman–Crippen MR) is 78.9 cm³/mol. The number of pyridine rings is 1. The van der Waals surface area contributed by atoms with Gasteiger partial charge in [-0.15, -0.1) is 0 Å². The lowest BCUT2D eigenvalue weighted by Gasteiger charge is -2.17. The van der Waals surface area contributed by atoms with Crippen LogP contribution in [0.25, 0.3) is 0 Å². The van der Waals surface area contributed by atoms with Crippen LogP contribution >= 0.6 is 0 Å². The van der Waals surface area contributed by atoms with Gasteiger partial charge in [0.2, 0.25) is 0 Å². The summed E-state index contributed by atoms with van der Waals surface area (Å²) in [4.78, 5) is 4.47. The van der Waals surface area contributed by atoms with Crippen molar-refractivity contribution in [1.82, 2.24) is 4.98 Å². The Bertz CT molecular complexity index is 579. The normalized spacial score (nSPS) is 16.1. The van der Waals surface area contributed by atoms with Crippen LogP contribution in [0.15, 0.2) is 42.6 Å². The Morgan fingerprint density at radius 3 is 2.75 bits per heavy atom. The zero-order valence-corrected chi connectivity index (χ0v) is 11.4. The summed E-state index contributed by atoms with van der Waals surface area (Å²) in [6.45, 7) is 0. The maximum Gasteiger partial charge on any atom is 0.146 e. The van der Waals surface area contributed by atoms with Gasteiger partial charge in [-0.3, -0.25) is 4.98 Å². The second-order valence-electron chi connectivity index (χ2n) is 5.61. The van der Waals surface area contributed by atoms with E-state index >= 15 is 0 Å². The smallest absolute Gasteiger partial charge is 0.146 e. The van der Waals surface area contributed by atoms with Gasteiger partial charge in [0.15, 0.2) is 0 Å². The van der Waals surface area contributed by atoms with E-state index in [0.29, 0.717) is 0 Å². The molecule has 104 valence electrons. The lowest BCUT2D eigenvalue weighted by atomic mass is 9.89. The largest absolute Gasteiger partial charge is 0.396 e. The van der Waals surface area contributed by atoms with Gasteiger partial charge in [-0.25, -0.2) is 4.39 Å². The van der Waals surface area contributed by atoms with E-state index in [9.17, 15) is 4.39 Å². The Kier molecular flexibility index (Phi) is 3.68. The van der Waals surface area contributed by atoms with Crippen molar-refractivity contribution >= 4 is 5.69 Å². The molecule has 1 aliphatic rings. The molecular weight excluding hydrogens is 251 g/mol. The highest BCUT2D eigenvalue weighted by atomic mass is 19.1. The number of halogens is 1. The van der Waals surface area contributed by atoms with Gasteiger partial charge in [-0.2, -0.15) is 0 Å². The maximum absolute atomic E-state index is 13.3. The number of aromatic nitrogens is 1. The van der Waals surface area contributed by atoms with Crippen molar-refractivity contribution in [2.75, 3.05) is 5.73 Å². The van der Waals surface area contributed by atoms with Gasteiger partial charge in [0.1, 0.15) is 5.82 Å². The first-order valence-electron chi connectivity index (χ1n) is 7.20. The van der Waals surface area contributed by atoms with Gasteiger partial charge in [0.25, 0.3) is 0 Å². The summed E-state index contributed by atoms with van der Waals surface area (Å²) in [5.74, 6) is 0.731. The zero-order valence-electron chi connectivity index (χ0n) is 11.4. The molecule has 1 aromatic carbocycles. The summed E-state index contributed by atoms with van der Waals surface area (Å²) in [6, 6.07) is 11.0. The summed E-state index contributed by atoms with van der Waals surface area (Å²) >= 11 is 0. The number of benzene rings is 1. The average Bonchev–Trinajstić information content (AvgIpc) is 3.28. The van der Waals surface area contributed by atoms with E-state index in [1.165, 1.54) is 25.3 Å². The number of nitrogens with two attached hydrogens (primary N) is 1. The van der Waals surface area contributed by atoms with Gasteiger partial charge in [0, 0.05) is 17.8 Å². The molecule has 0 amide bonds. The molecule has 0 bridgehead atoms. The number of hydrogen-bond acceptors (Lipinski definition) is 2. The highest BCUT2D eigenvalue weighted by molar-refractivity contribution is 5.45. The van der Waals surface area contributed by atoms with E-state index in [1.807, 2.05) is 30.5 Å². The zero-order chi connectivity index (χ0) is 13.9. The van der Waals surface area contributed by atoms with E-state index < -0.39 is 0 Å². The van der Waals surface area contributed by atoms with Crippen LogP contribution in [0.2, 0.25) is 0 Å². The number of anilines is 1. The second-order valence-corrected chi connectivity index (χ2v) is 5.61. The van der Waals surface area contributed by atoms with Crippen LogP contribution in [0.3, 0.4) is 0 Å². The molecule has 20 heavy (non-hydrogen) atoms. The molecule has 1 fully saturated rings. The fourth-order valence-corrected chi connectivity index (χ4v) is 2.66. The van der Waals surface area contributed by atoms with Crippen molar-refractivity contribution in [2.45, 2.75) is 31.6 Å². The molecule has 1 aliphatic carbocycles. The Labute approximate surface area is 118 Å². The number of hydrogen-bond donors (Lipinski definition) is 1. The minimum absolute atomic E-state index is 0.208. The molecule has 1 heterocycles. The molecular formula is C17H19FN2. The first-order valence-corrected chi connectivity index (χ1v) is 7.20. The van der Waals surface area contributed by atoms with Crippen LogP contribution in [-0.2, 0) is 0 Å². The van der Waals surface area contributed by atoms with Crippen LogP contribution < -0.4 is 5.73 Å². The van der Waals surface area contributed by atoms with Crippen molar-refractivity contribution in [3.8, 4) is 0 Å². The van der Waals surface area contributed by atoms with Gasteiger partial charge < -0.3 is 5.73 Å². The first kappa shape index (κ1) is 13.1. The van der Waals surface area contributed by atoms with Crippen molar-refractivity contribution in [2.24, 2.45) is 5.92 Å². The quantitative estimate of drug-likeness (QED) is 0.830. The van der Waals surface area contributed by atoms with Gasteiger partial charge in [-0.1, -0.05) is 25.0 Å². The molecule has 0 saturated heterocycles. The molecule has 1 saturated carbocycles. The van der Waals surface area contributed by atoms with Crippen LogP contribution in [0.1, 0.15) is 42.9 Å². The van der Waals surface area contributed by atoms with Crippen LogP contribution in [0.4, 0.5) is 10.1 Å². The fourth-order valence-electron chi connectivity index (χ4n) is 2.66. The van der Waals surface area contributed by atoms with E-state index in [1.54, 1.807) is 6.07 Å². The Hall–Kier alpha value is -1.90. The minimum atomic E-state index is -0.351. The molecule has 0 radical (unpaired) electrons. The molecule has 0 aliphatic heterocycles. The Morgan fingerprint density at radius 2 is 2.10 bits per heavy atom. The molecule has 0 spiro atoms. The molecule has 2 N–H and O–H groups in total. The van der Waals surface area contributed by atoms with E-state index in [2.05, 4.69) is 4.98 Å². The topological polar surface area (TPSA) is 38.9 Å². The summed E-state index contributed by atoms with van der Waals surface area (Å²) in [7, 11) is 0. The Morgan fingerprint density at radius 1 is 1.25 bits per heavy atom. The lowest BCUT2D eigenvalue weighted by molar-refractivity contribution is 0.600. The number of rotatable bonds is 5. The fraction of sp³-hybridized carbons (Fsp3) is 0.353. The van der Waals surface area contributed by atoms with Crippen molar-refractivity contribution in [3.05, 3.63) is 59.7 Å². The molecule has 3 heteroatoms. The van der Waals surface area contributed by atoms with Crippen molar-refractivity contribution in [1.29, 1.82) is 0 Å². The molecule has 2 nitrogen and oxygen atoms in total. The second kappa shape index (κ2) is 5.61. The average molecular weight is 270 g/mol. The van der Waals surface area contributed by atoms with Gasteiger partial charge in [0.05, 0.1) is 5.69 Å². The third-order valence-corrected chi connectivity index (χ3v) is 4.03. The van der Waals surface area contributed by atoms with E-state index in [-0.39, 0.29) is 17.4 Å². The summed E-state index contributed by atoms with van der Waals surface area (Å²) in [6.07, 6.45) is 6.76. The highest BCUT2D eigenvalue weighted by Gasteiger charge is 2.24. The number of nitrogens with zero attached hydrogens (tertiary/aromatic N) is 1. The lowest BCUT2D eigenvalue weighted by Crippen LogP contribution is -2.05. The highest BCUT2D eigenvalue weighted by Crippen LogP contribution is 2.38. The SMILES string of the molecule is Nc1cc(C(CCC2CC2)c2ccccn2)ccc1F. The van der Waals surface area contributed by atoms with Crippen molar-refractivity contribution < 1.29 is 4.39 Å². The molecule has 1 aromatic heterocycles. The van der Waals surface area contributed by atoms with E-state index in [4.69, 9.17) is 5.73 Å². The summed E-state index contributed by atoms with van der Waals surface area (Å²) < 4.78 is 13.3. The molecule has 1 unspecified atom stereocenters. The monoisotopic (exact) mass is 270 g/mol. The van der Waals surface area contributed by atoms with Crippen LogP contribution in [-0.4, -0.2) is 4.98 Å². The van der Waals surface area contributed by atoms with Crippen LogP contribution in [0, 0.1) is 11.7 Å². The number of nitrogen functional groups attached to an aromatic ring is 1. The van der Waals surface area contributed by atoms with E-state index in [0.717, 1.165) is 23.6 Å². The van der Waals surface area contributed by atoms with Crippen molar-refractivity contribution in [3.63, 3.8) is 0 Å². The molecule has 1 atom stereocenters. The first-order chi connectivity index (χ1) is 9.74. The third-order valence-electron chi connectivity index (χ3n) is 4.03. The van der Waals surface area contributed by atoms with Gasteiger partial charge in [-0.05, 0) is 48.6 Å². The molecule has 3 rings (SSSR count). The van der Waals surface area contributed by atoms with Gasteiger partial charge >= 0.3 is 0 Å². The summed E-state index contributed by atoms with van der Waals surface area (Å²) in [5.41, 5.74) is 8.03. The summed E-state index contributed by atoms with van der Waals surface area (Å²) in [5, 5.41) is 0. The predicted octanol–water partition coefficient (Wildman–Crippen LogP) is 4.13. The third kappa shape index (κ3) is 2.98. The van der Waals surface area contributed by atoms with Crippen LogP contribution in [0.5, 0.6) is 0 Å². The Balaban J connectivity index is 1.88.